The van der Waals surface area contributed by atoms with E-state index in [4.69, 9.17) is 19.5 Å². The molecular weight excluding hydrogens is 500 g/mol. The first-order valence-corrected chi connectivity index (χ1v) is 13.8. The Bertz CT molecular complexity index is 1490. The van der Waals surface area contributed by atoms with Crippen LogP contribution in [0.1, 0.15) is 56.9 Å². The van der Waals surface area contributed by atoms with Crippen molar-refractivity contribution in [3.05, 3.63) is 107 Å². The molecule has 1 heterocycles. The third kappa shape index (κ3) is 5.67. The molecule has 2 aliphatic carbocycles. The number of fused-ring (bicyclic) bond motifs is 4. The van der Waals surface area contributed by atoms with Crippen molar-refractivity contribution in [2.75, 3.05) is 6.61 Å². The topological polar surface area (TPSA) is 77.8 Å². The molecular formula is C34H34N2O4. The Balaban J connectivity index is 1.42. The van der Waals surface area contributed by atoms with Crippen LogP contribution < -0.4 is 4.74 Å². The fraction of sp³-hybridized carbons (Fsp3) is 0.294. The van der Waals surface area contributed by atoms with Crippen molar-refractivity contribution < 1.29 is 19.1 Å². The molecule has 0 aliphatic heterocycles. The van der Waals surface area contributed by atoms with Crippen molar-refractivity contribution in [2.24, 2.45) is 10.9 Å². The molecule has 2 aliphatic rings. The molecule has 204 valence electrons. The molecule has 0 spiro atoms. The average molecular weight is 535 g/mol. The number of aromatic nitrogens is 1. The van der Waals surface area contributed by atoms with Gasteiger partial charge in [-0.15, -0.1) is 0 Å². The van der Waals surface area contributed by atoms with Gasteiger partial charge in [0, 0.05) is 36.6 Å². The van der Waals surface area contributed by atoms with E-state index in [9.17, 15) is 9.59 Å². The summed E-state index contributed by atoms with van der Waals surface area (Å²) in [7, 11) is 0. The zero-order valence-electron chi connectivity index (χ0n) is 23.2. The molecule has 1 aromatic heterocycles. The number of carbonyl (C=O) groups is 2. The molecule has 3 aromatic rings. The molecule has 2 atom stereocenters. The highest BCUT2D eigenvalue weighted by Crippen LogP contribution is 2.52. The van der Waals surface area contributed by atoms with Crippen LogP contribution in [-0.2, 0) is 26.3 Å². The van der Waals surface area contributed by atoms with Crippen LogP contribution in [0.5, 0.6) is 5.88 Å². The Morgan fingerprint density at radius 1 is 1.00 bits per heavy atom. The Morgan fingerprint density at radius 2 is 1.73 bits per heavy atom. The van der Waals surface area contributed by atoms with Crippen molar-refractivity contribution in [1.29, 1.82) is 0 Å². The van der Waals surface area contributed by atoms with Gasteiger partial charge in [-0.1, -0.05) is 72.3 Å². The second kappa shape index (κ2) is 11.8. The molecule has 5 rings (SSSR count). The molecule has 0 saturated carbocycles. The highest BCUT2D eigenvalue weighted by Gasteiger charge is 2.46. The standard InChI is InChI=1S/C34H34N2O4/c1-4-28-27-19-23(3)21-34(28,35-22-24-11-13-26(14-12-24)25-9-7-6-8-10-25)29-15-16-31(36-30(29)20-27)40-33(38)18-17-32(37)39-5-2/h4,6-16,19,22,27H,5,17-18,20-21H2,1-3H3/b28-4-,35-22?. The highest BCUT2D eigenvalue weighted by atomic mass is 16.5. The fourth-order valence-electron chi connectivity index (χ4n) is 5.83. The lowest BCUT2D eigenvalue weighted by atomic mass is 9.63. The van der Waals surface area contributed by atoms with Gasteiger partial charge < -0.3 is 9.47 Å². The van der Waals surface area contributed by atoms with Crippen LogP contribution in [0, 0.1) is 5.92 Å². The van der Waals surface area contributed by atoms with Crippen LogP contribution in [0.25, 0.3) is 11.1 Å². The third-order valence-electron chi connectivity index (χ3n) is 7.52. The minimum absolute atomic E-state index is 0.0153. The number of allylic oxidation sites excluding steroid dienone is 2. The van der Waals surface area contributed by atoms with E-state index in [1.54, 1.807) is 13.0 Å². The minimum atomic E-state index is -0.566. The lowest BCUT2D eigenvalue weighted by Crippen LogP contribution is -2.40. The molecule has 6 nitrogen and oxygen atoms in total. The van der Waals surface area contributed by atoms with Gasteiger partial charge in [0.05, 0.1) is 25.1 Å². The van der Waals surface area contributed by atoms with Gasteiger partial charge in [0.25, 0.3) is 0 Å². The first-order valence-electron chi connectivity index (χ1n) is 13.8. The number of ether oxygens (including phenoxy) is 2. The largest absolute Gasteiger partial charge is 0.466 e. The highest BCUT2D eigenvalue weighted by molar-refractivity contribution is 5.82. The zero-order chi connectivity index (χ0) is 28.1. The Labute approximate surface area is 235 Å². The maximum Gasteiger partial charge on any atom is 0.313 e. The van der Waals surface area contributed by atoms with Gasteiger partial charge in [0.1, 0.15) is 5.54 Å². The summed E-state index contributed by atoms with van der Waals surface area (Å²) in [5.74, 6) is -0.508. The van der Waals surface area contributed by atoms with Gasteiger partial charge in [-0.05, 0) is 49.1 Å². The summed E-state index contributed by atoms with van der Waals surface area (Å²) in [6, 6.07) is 22.5. The molecule has 0 amide bonds. The molecule has 2 bridgehead atoms. The lowest BCUT2D eigenvalue weighted by molar-refractivity contribution is -0.146. The molecule has 6 heteroatoms. The van der Waals surface area contributed by atoms with Crippen LogP contribution in [0.4, 0.5) is 0 Å². The predicted molar refractivity (Wildman–Crippen MR) is 156 cm³/mol. The summed E-state index contributed by atoms with van der Waals surface area (Å²) in [4.78, 5) is 34.0. The van der Waals surface area contributed by atoms with Crippen LogP contribution in [0.3, 0.4) is 0 Å². The van der Waals surface area contributed by atoms with Crippen molar-refractivity contribution in [2.45, 2.75) is 52.0 Å². The van der Waals surface area contributed by atoms with E-state index in [2.05, 4.69) is 62.4 Å². The van der Waals surface area contributed by atoms with Gasteiger partial charge in [-0.25, -0.2) is 4.98 Å². The Morgan fingerprint density at radius 3 is 2.45 bits per heavy atom. The molecule has 2 aromatic carbocycles. The molecule has 0 radical (unpaired) electrons. The van der Waals surface area contributed by atoms with Gasteiger partial charge in [0.15, 0.2) is 0 Å². The maximum absolute atomic E-state index is 12.4. The quantitative estimate of drug-likeness (QED) is 0.181. The molecule has 0 fully saturated rings. The smallest absolute Gasteiger partial charge is 0.313 e. The summed E-state index contributed by atoms with van der Waals surface area (Å²) in [5, 5.41) is 0. The predicted octanol–water partition coefficient (Wildman–Crippen LogP) is 6.78. The third-order valence-corrected chi connectivity index (χ3v) is 7.52. The maximum atomic E-state index is 12.4. The summed E-state index contributed by atoms with van der Waals surface area (Å²) >= 11 is 0. The monoisotopic (exact) mass is 534 g/mol. The van der Waals surface area contributed by atoms with Crippen LogP contribution in [0.2, 0.25) is 0 Å². The van der Waals surface area contributed by atoms with E-state index in [-0.39, 0.29) is 31.2 Å². The average Bonchev–Trinajstić information content (AvgIpc) is 2.95. The SMILES string of the molecule is C/C=C1/C2C=C(C)CC1(N=Cc1ccc(-c3ccccc3)cc1)c1ccc(OC(=O)CCC(=O)OCC)nc1C2. The molecule has 2 unspecified atom stereocenters. The first kappa shape index (κ1) is 27.3. The summed E-state index contributed by atoms with van der Waals surface area (Å²) in [6.45, 7) is 6.26. The number of nitrogens with zero attached hydrogens (tertiary/aromatic N) is 2. The number of rotatable bonds is 8. The normalized spacial score (nSPS) is 20.6. The molecule has 0 saturated heterocycles. The second-order valence-corrected chi connectivity index (χ2v) is 10.3. The summed E-state index contributed by atoms with van der Waals surface area (Å²) in [6.07, 6.45) is 7.86. The number of carbonyl (C=O) groups excluding carboxylic acids is 2. The van der Waals surface area contributed by atoms with Crippen LogP contribution >= 0.6 is 0 Å². The van der Waals surface area contributed by atoms with E-state index >= 15 is 0 Å². The van der Waals surface area contributed by atoms with E-state index in [0.717, 1.165) is 28.8 Å². The molecule has 40 heavy (non-hydrogen) atoms. The van der Waals surface area contributed by atoms with Gasteiger partial charge in [-0.2, -0.15) is 0 Å². The van der Waals surface area contributed by atoms with Crippen LogP contribution in [0.15, 0.2) is 95.0 Å². The van der Waals surface area contributed by atoms with Gasteiger partial charge >= 0.3 is 11.9 Å². The van der Waals surface area contributed by atoms with E-state index in [1.807, 2.05) is 30.5 Å². The fourth-order valence-corrected chi connectivity index (χ4v) is 5.83. The number of hydrogen-bond donors (Lipinski definition) is 0. The van der Waals surface area contributed by atoms with Gasteiger partial charge in [0.2, 0.25) is 5.88 Å². The second-order valence-electron chi connectivity index (χ2n) is 10.3. The van der Waals surface area contributed by atoms with E-state index < -0.39 is 17.5 Å². The first-order chi connectivity index (χ1) is 19.4. The number of benzene rings is 2. The lowest BCUT2D eigenvalue weighted by Gasteiger charge is -2.45. The Hall–Kier alpha value is -4.32. The number of aliphatic imine (C=N–C) groups is 1. The van der Waals surface area contributed by atoms with Crippen LogP contribution in [-0.4, -0.2) is 29.7 Å². The van der Waals surface area contributed by atoms with E-state index in [0.29, 0.717) is 6.42 Å². The molecule has 0 N–H and O–H groups in total. The number of pyridine rings is 1. The zero-order valence-corrected chi connectivity index (χ0v) is 23.2. The number of esters is 2. The van der Waals surface area contributed by atoms with E-state index in [1.165, 1.54) is 16.7 Å². The van der Waals surface area contributed by atoms with Crippen molar-refractivity contribution in [3.63, 3.8) is 0 Å². The van der Waals surface area contributed by atoms with Crippen molar-refractivity contribution in [3.8, 4) is 17.0 Å². The summed E-state index contributed by atoms with van der Waals surface area (Å²) in [5.41, 5.74) is 7.29. The summed E-state index contributed by atoms with van der Waals surface area (Å²) < 4.78 is 10.4. The van der Waals surface area contributed by atoms with Crippen molar-refractivity contribution >= 4 is 18.2 Å². The van der Waals surface area contributed by atoms with Crippen molar-refractivity contribution in [1.82, 2.24) is 4.98 Å². The number of hydrogen-bond acceptors (Lipinski definition) is 6. The minimum Gasteiger partial charge on any atom is -0.466 e. The Kier molecular flexibility index (Phi) is 8.06. The van der Waals surface area contributed by atoms with Gasteiger partial charge in [-0.3, -0.25) is 14.6 Å².